The first-order chi connectivity index (χ1) is 7.11. The first-order valence-electron chi connectivity index (χ1n) is 6.03. The Morgan fingerprint density at radius 2 is 1.62 bits per heavy atom. The molecule has 2 heteroatoms. The highest BCUT2D eigenvalue weighted by Crippen LogP contribution is 2.48. The summed E-state index contributed by atoms with van der Waals surface area (Å²) in [6, 6.07) is 0. The van der Waals surface area contributed by atoms with Crippen molar-refractivity contribution in [2.24, 2.45) is 16.7 Å². The molecule has 0 aliphatic heterocycles. The Morgan fingerprint density at radius 3 is 2.00 bits per heavy atom. The molecule has 1 fully saturated rings. The number of allylic oxidation sites excluding steroid dienone is 1. The summed E-state index contributed by atoms with van der Waals surface area (Å²) < 4.78 is 0. The van der Waals surface area contributed by atoms with Crippen LogP contribution < -0.4 is 0 Å². The van der Waals surface area contributed by atoms with Crippen LogP contribution in [0.1, 0.15) is 53.9 Å². The number of carbonyl (C=O) groups is 1. The van der Waals surface area contributed by atoms with E-state index >= 15 is 0 Å². The van der Waals surface area contributed by atoms with Crippen LogP contribution in [-0.2, 0) is 4.79 Å². The Kier molecular flexibility index (Phi) is 3.51. The van der Waals surface area contributed by atoms with E-state index in [1.807, 2.05) is 6.08 Å². The zero-order chi connectivity index (χ0) is 12.6. The summed E-state index contributed by atoms with van der Waals surface area (Å²) in [6.45, 7) is 10.8. The van der Waals surface area contributed by atoms with Crippen molar-refractivity contribution in [1.82, 2.24) is 0 Å². The molecule has 0 atom stereocenters. The molecular weight excluding hydrogens is 200 g/mol. The Balaban J connectivity index is 2.83. The van der Waals surface area contributed by atoms with Gasteiger partial charge in [0.05, 0.1) is 0 Å². The molecule has 16 heavy (non-hydrogen) atoms. The van der Waals surface area contributed by atoms with Crippen molar-refractivity contribution in [3.8, 4) is 0 Å². The summed E-state index contributed by atoms with van der Waals surface area (Å²) in [4.78, 5) is 10.8. The van der Waals surface area contributed by atoms with Crippen LogP contribution in [-0.4, -0.2) is 11.1 Å². The molecule has 0 unspecified atom stereocenters. The van der Waals surface area contributed by atoms with Gasteiger partial charge in [0.25, 0.3) is 0 Å². The number of carboxylic acids is 1. The van der Waals surface area contributed by atoms with Gasteiger partial charge in [0.1, 0.15) is 0 Å². The predicted molar refractivity (Wildman–Crippen MR) is 66.3 cm³/mol. The van der Waals surface area contributed by atoms with E-state index in [0.717, 1.165) is 12.8 Å². The predicted octanol–water partition coefficient (Wildman–Crippen LogP) is 3.87. The van der Waals surface area contributed by atoms with Crippen LogP contribution in [0.2, 0.25) is 0 Å². The van der Waals surface area contributed by atoms with Gasteiger partial charge in [-0.25, -0.2) is 4.79 Å². The molecular formula is C14H24O2. The molecule has 0 bridgehead atoms. The molecule has 1 aliphatic rings. The molecule has 0 aromatic heterocycles. The van der Waals surface area contributed by atoms with Crippen LogP contribution in [0, 0.1) is 16.7 Å². The van der Waals surface area contributed by atoms with Gasteiger partial charge in [0, 0.05) is 5.57 Å². The summed E-state index contributed by atoms with van der Waals surface area (Å²) in [5.74, 6) is -0.379. The molecule has 1 aliphatic carbocycles. The first kappa shape index (κ1) is 13.3. The van der Waals surface area contributed by atoms with Crippen LogP contribution in [0.5, 0.6) is 0 Å². The van der Waals surface area contributed by atoms with Crippen LogP contribution in [0.15, 0.2) is 11.6 Å². The molecule has 0 aromatic carbocycles. The zero-order valence-electron chi connectivity index (χ0n) is 11.1. The van der Waals surface area contributed by atoms with Crippen molar-refractivity contribution in [3.05, 3.63) is 11.6 Å². The molecule has 1 saturated carbocycles. The summed E-state index contributed by atoms with van der Waals surface area (Å²) in [5.41, 5.74) is 1.13. The summed E-state index contributed by atoms with van der Waals surface area (Å²) in [7, 11) is 0. The topological polar surface area (TPSA) is 37.3 Å². The molecule has 0 heterocycles. The van der Waals surface area contributed by atoms with E-state index in [2.05, 4.69) is 27.7 Å². The largest absolute Gasteiger partial charge is 0.478 e. The van der Waals surface area contributed by atoms with Crippen molar-refractivity contribution in [2.75, 3.05) is 0 Å². The van der Waals surface area contributed by atoms with Crippen LogP contribution in [0.3, 0.4) is 0 Å². The van der Waals surface area contributed by atoms with Gasteiger partial charge in [0.2, 0.25) is 0 Å². The lowest BCUT2D eigenvalue weighted by Crippen LogP contribution is -2.33. The standard InChI is InChI=1S/C14H24O2/c1-10(12(15)16)6-11-7-13(2,3)9-14(4,5)8-11/h6,11H,7-9H2,1-5H3,(H,15,16). The Hall–Kier alpha value is -0.790. The molecule has 0 saturated heterocycles. The van der Waals surface area contributed by atoms with Crippen molar-refractivity contribution < 1.29 is 9.90 Å². The van der Waals surface area contributed by atoms with Crippen LogP contribution in [0.25, 0.3) is 0 Å². The number of carboxylic acid groups (broad SMARTS) is 1. The van der Waals surface area contributed by atoms with Crippen molar-refractivity contribution in [1.29, 1.82) is 0 Å². The lowest BCUT2D eigenvalue weighted by molar-refractivity contribution is -0.132. The van der Waals surface area contributed by atoms with Gasteiger partial charge in [-0.3, -0.25) is 0 Å². The fourth-order valence-electron chi connectivity index (χ4n) is 3.47. The van der Waals surface area contributed by atoms with E-state index < -0.39 is 5.97 Å². The second kappa shape index (κ2) is 4.23. The molecule has 2 nitrogen and oxygen atoms in total. The highest BCUT2D eigenvalue weighted by atomic mass is 16.4. The normalized spacial score (nSPS) is 25.4. The highest BCUT2D eigenvalue weighted by Gasteiger charge is 2.37. The SMILES string of the molecule is CC(=CC1CC(C)(C)CC(C)(C)C1)C(=O)O. The number of aliphatic carboxylic acids is 1. The van der Waals surface area contributed by atoms with Crippen molar-refractivity contribution in [2.45, 2.75) is 53.9 Å². The van der Waals surface area contributed by atoms with Crippen molar-refractivity contribution >= 4 is 5.97 Å². The average Bonchev–Trinajstić information content (AvgIpc) is 1.96. The van der Waals surface area contributed by atoms with E-state index in [9.17, 15) is 4.79 Å². The summed E-state index contributed by atoms with van der Waals surface area (Å²) >= 11 is 0. The van der Waals surface area contributed by atoms with Crippen LogP contribution in [0.4, 0.5) is 0 Å². The third kappa shape index (κ3) is 3.66. The Bertz CT molecular complexity index is 295. The van der Waals surface area contributed by atoms with E-state index in [0.29, 0.717) is 22.3 Å². The number of rotatable bonds is 2. The minimum atomic E-state index is -0.791. The van der Waals surface area contributed by atoms with E-state index in [4.69, 9.17) is 5.11 Å². The molecule has 0 amide bonds. The Labute approximate surface area is 98.7 Å². The second-order valence-electron chi connectivity index (χ2n) is 6.83. The molecule has 1 rings (SSSR count). The van der Waals surface area contributed by atoms with E-state index in [1.165, 1.54) is 6.42 Å². The van der Waals surface area contributed by atoms with Gasteiger partial charge < -0.3 is 5.11 Å². The maximum atomic E-state index is 10.8. The fourth-order valence-corrected chi connectivity index (χ4v) is 3.47. The summed E-state index contributed by atoms with van der Waals surface area (Å²) in [5, 5.41) is 8.90. The van der Waals surface area contributed by atoms with Gasteiger partial charge in [-0.15, -0.1) is 0 Å². The lowest BCUT2D eigenvalue weighted by Gasteiger charge is -2.44. The molecule has 0 radical (unpaired) electrons. The van der Waals surface area contributed by atoms with E-state index in [-0.39, 0.29) is 0 Å². The maximum Gasteiger partial charge on any atom is 0.330 e. The third-order valence-corrected chi connectivity index (χ3v) is 3.41. The van der Waals surface area contributed by atoms with Crippen LogP contribution >= 0.6 is 0 Å². The maximum absolute atomic E-state index is 10.8. The minimum Gasteiger partial charge on any atom is -0.478 e. The van der Waals surface area contributed by atoms with Crippen molar-refractivity contribution in [3.63, 3.8) is 0 Å². The molecule has 0 spiro atoms. The van der Waals surface area contributed by atoms with E-state index in [1.54, 1.807) is 6.92 Å². The Morgan fingerprint density at radius 1 is 1.19 bits per heavy atom. The fraction of sp³-hybridized carbons (Fsp3) is 0.786. The third-order valence-electron chi connectivity index (χ3n) is 3.41. The average molecular weight is 224 g/mol. The smallest absolute Gasteiger partial charge is 0.330 e. The van der Waals surface area contributed by atoms with Gasteiger partial charge in [-0.1, -0.05) is 33.8 Å². The number of hydrogen-bond donors (Lipinski definition) is 1. The van der Waals surface area contributed by atoms with Gasteiger partial charge in [0.15, 0.2) is 0 Å². The highest BCUT2D eigenvalue weighted by molar-refractivity contribution is 5.85. The van der Waals surface area contributed by atoms with Gasteiger partial charge >= 0.3 is 5.97 Å². The number of hydrogen-bond acceptors (Lipinski definition) is 1. The lowest BCUT2D eigenvalue weighted by atomic mass is 9.61. The zero-order valence-corrected chi connectivity index (χ0v) is 11.1. The second-order valence-corrected chi connectivity index (χ2v) is 6.83. The molecule has 0 aromatic rings. The summed E-state index contributed by atoms with van der Waals surface area (Å²) in [6.07, 6.45) is 5.36. The van der Waals surface area contributed by atoms with Gasteiger partial charge in [-0.2, -0.15) is 0 Å². The monoisotopic (exact) mass is 224 g/mol. The quantitative estimate of drug-likeness (QED) is 0.723. The van der Waals surface area contributed by atoms with Gasteiger partial charge in [-0.05, 0) is 42.9 Å². The molecule has 1 N–H and O–H groups in total. The minimum absolute atomic E-state index is 0.321. The molecule has 92 valence electrons. The first-order valence-corrected chi connectivity index (χ1v) is 6.03.